The summed E-state index contributed by atoms with van der Waals surface area (Å²) in [5.41, 5.74) is 3.25. The predicted molar refractivity (Wildman–Crippen MR) is 129 cm³/mol. The van der Waals surface area contributed by atoms with Crippen LogP contribution in [0.1, 0.15) is 22.6 Å². The Balaban J connectivity index is 1.55. The van der Waals surface area contributed by atoms with Crippen LogP contribution in [0.15, 0.2) is 80.9 Å². The first kappa shape index (κ1) is 19.5. The second kappa shape index (κ2) is 7.24. The van der Waals surface area contributed by atoms with E-state index in [1.54, 1.807) is 34.3 Å². The van der Waals surface area contributed by atoms with E-state index in [0.29, 0.717) is 55.8 Å². The molecule has 5 heterocycles. The molecule has 34 heavy (non-hydrogen) atoms. The Labute approximate surface area is 200 Å². The molecule has 0 saturated heterocycles. The van der Waals surface area contributed by atoms with Gasteiger partial charge in [-0.3, -0.25) is 0 Å². The average molecular weight is 485 g/mol. The monoisotopic (exact) mass is 484 g/mol. The molecule has 2 aromatic carbocycles. The van der Waals surface area contributed by atoms with Crippen molar-refractivity contribution in [3.05, 3.63) is 104 Å². The number of halogens is 1. The standard InChI is InChI=1S/C25H13ClN4O3S/c26-16-7-3-1-5-14(16)22-28-23-20-18(13-9-10-34-11-13)19-21(33-24(20)27-12-30(23)29-22)15-6-2-4-8-17(15)32-25(19)31/h1-12,18H. The SMILES string of the molecule is O=c1oc2ccccc2c2c1C(c1ccsc1)c1c(ncn3nc(-c4ccccc4Cl)nc13)O2. The number of benzene rings is 2. The first-order valence-electron chi connectivity index (χ1n) is 10.4. The topological polar surface area (TPSA) is 82.5 Å². The molecule has 0 radical (unpaired) electrons. The van der Waals surface area contributed by atoms with Gasteiger partial charge in [-0.15, -0.1) is 5.10 Å². The summed E-state index contributed by atoms with van der Waals surface area (Å²) in [6.07, 6.45) is 1.56. The van der Waals surface area contributed by atoms with E-state index in [4.69, 9.17) is 25.7 Å². The van der Waals surface area contributed by atoms with Crippen molar-refractivity contribution < 1.29 is 9.15 Å². The van der Waals surface area contributed by atoms with E-state index in [-0.39, 0.29) is 0 Å². The maximum absolute atomic E-state index is 13.3. The number of aromatic nitrogens is 4. The Morgan fingerprint density at radius 3 is 2.74 bits per heavy atom. The molecule has 1 atom stereocenters. The lowest BCUT2D eigenvalue weighted by atomic mass is 9.85. The number of ether oxygens (including phenoxy) is 1. The number of hydrogen-bond donors (Lipinski definition) is 0. The third-order valence-corrected chi connectivity index (χ3v) is 6.98. The summed E-state index contributed by atoms with van der Waals surface area (Å²) >= 11 is 7.95. The Kier molecular flexibility index (Phi) is 4.15. The van der Waals surface area contributed by atoms with Gasteiger partial charge < -0.3 is 9.15 Å². The van der Waals surface area contributed by atoms with Crippen molar-refractivity contribution in [2.75, 3.05) is 0 Å². The van der Waals surface area contributed by atoms with Crippen LogP contribution in [0, 0.1) is 0 Å². The molecule has 0 bridgehead atoms. The number of para-hydroxylation sites is 1. The highest BCUT2D eigenvalue weighted by Crippen LogP contribution is 2.49. The van der Waals surface area contributed by atoms with Gasteiger partial charge in [-0.25, -0.2) is 19.3 Å². The molecule has 0 N–H and O–H groups in total. The Bertz CT molecular complexity index is 1790. The van der Waals surface area contributed by atoms with Gasteiger partial charge in [0.05, 0.1) is 27.5 Å². The summed E-state index contributed by atoms with van der Waals surface area (Å²) in [4.78, 5) is 22.6. The van der Waals surface area contributed by atoms with Gasteiger partial charge in [-0.2, -0.15) is 11.3 Å². The minimum Gasteiger partial charge on any atom is -0.437 e. The molecule has 0 aliphatic carbocycles. The van der Waals surface area contributed by atoms with Crippen molar-refractivity contribution in [2.45, 2.75) is 5.92 Å². The molecule has 7 nitrogen and oxygen atoms in total. The molecule has 7 rings (SSSR count). The van der Waals surface area contributed by atoms with Gasteiger partial charge in [0, 0.05) is 5.56 Å². The zero-order valence-electron chi connectivity index (χ0n) is 17.3. The second-order valence-corrected chi connectivity index (χ2v) is 9.05. The van der Waals surface area contributed by atoms with E-state index in [1.807, 2.05) is 53.2 Å². The zero-order valence-corrected chi connectivity index (χ0v) is 18.9. The fraction of sp³-hybridized carbons (Fsp3) is 0.0400. The maximum atomic E-state index is 13.3. The van der Waals surface area contributed by atoms with E-state index in [9.17, 15) is 4.79 Å². The molecule has 9 heteroatoms. The third-order valence-electron chi connectivity index (χ3n) is 5.95. The van der Waals surface area contributed by atoms with E-state index >= 15 is 0 Å². The highest BCUT2D eigenvalue weighted by atomic mass is 35.5. The van der Waals surface area contributed by atoms with Crippen molar-refractivity contribution >= 4 is 39.6 Å². The van der Waals surface area contributed by atoms with Crippen molar-refractivity contribution in [1.82, 2.24) is 19.6 Å². The van der Waals surface area contributed by atoms with Crippen molar-refractivity contribution in [1.29, 1.82) is 0 Å². The van der Waals surface area contributed by atoms with Crippen LogP contribution < -0.4 is 10.4 Å². The molecule has 4 aromatic heterocycles. The van der Waals surface area contributed by atoms with Crippen LogP contribution in [-0.4, -0.2) is 19.6 Å². The quantitative estimate of drug-likeness (QED) is 0.284. The van der Waals surface area contributed by atoms with Crippen LogP contribution in [0.2, 0.25) is 5.02 Å². The van der Waals surface area contributed by atoms with Gasteiger partial charge in [0.25, 0.3) is 0 Å². The summed E-state index contributed by atoms with van der Waals surface area (Å²) in [5, 5.41) is 9.83. The lowest BCUT2D eigenvalue weighted by molar-refractivity contribution is 0.422. The lowest BCUT2D eigenvalue weighted by Gasteiger charge is -2.26. The van der Waals surface area contributed by atoms with Gasteiger partial charge in [0.2, 0.25) is 5.88 Å². The molecule has 164 valence electrons. The highest BCUT2D eigenvalue weighted by molar-refractivity contribution is 7.08. The zero-order chi connectivity index (χ0) is 22.8. The fourth-order valence-corrected chi connectivity index (χ4v) is 5.36. The predicted octanol–water partition coefficient (Wildman–Crippen LogP) is 5.90. The molecule has 1 aliphatic heterocycles. The summed E-state index contributed by atoms with van der Waals surface area (Å²) in [5.74, 6) is 0.815. The largest absolute Gasteiger partial charge is 0.437 e. The number of nitrogens with zero attached hydrogens (tertiary/aromatic N) is 4. The van der Waals surface area contributed by atoms with E-state index in [2.05, 4.69) is 10.1 Å². The first-order valence-corrected chi connectivity index (χ1v) is 11.8. The minimum absolute atomic E-state index is 0.380. The Morgan fingerprint density at radius 1 is 1.03 bits per heavy atom. The normalized spacial score (nSPS) is 14.7. The van der Waals surface area contributed by atoms with Crippen molar-refractivity contribution in [3.8, 4) is 23.0 Å². The lowest BCUT2D eigenvalue weighted by Crippen LogP contribution is -2.22. The van der Waals surface area contributed by atoms with Crippen LogP contribution in [0.5, 0.6) is 11.6 Å². The summed E-state index contributed by atoms with van der Waals surface area (Å²) < 4.78 is 13.6. The third kappa shape index (κ3) is 2.76. The van der Waals surface area contributed by atoms with E-state index < -0.39 is 11.5 Å². The van der Waals surface area contributed by atoms with Crippen LogP contribution in [0.25, 0.3) is 28.0 Å². The first-order chi connectivity index (χ1) is 16.7. The van der Waals surface area contributed by atoms with Gasteiger partial charge in [-0.05, 0) is 46.7 Å². The number of hydrogen-bond acceptors (Lipinski definition) is 7. The Hall–Kier alpha value is -4.01. The molecule has 0 saturated carbocycles. The van der Waals surface area contributed by atoms with Gasteiger partial charge in [-0.1, -0.05) is 35.9 Å². The molecule has 6 aromatic rings. The molecule has 0 amide bonds. The summed E-state index contributed by atoms with van der Waals surface area (Å²) in [6, 6.07) is 16.7. The molecular weight excluding hydrogens is 472 g/mol. The van der Waals surface area contributed by atoms with Crippen molar-refractivity contribution in [2.24, 2.45) is 0 Å². The number of thiophene rings is 1. The van der Waals surface area contributed by atoms with E-state index in [1.165, 1.54) is 0 Å². The van der Waals surface area contributed by atoms with Crippen LogP contribution in [-0.2, 0) is 0 Å². The number of rotatable bonds is 2. The maximum Gasteiger partial charge on any atom is 0.344 e. The molecule has 0 fully saturated rings. The summed E-state index contributed by atoms with van der Waals surface area (Å²) in [6.45, 7) is 0. The number of fused-ring (bicyclic) bond motifs is 6. The summed E-state index contributed by atoms with van der Waals surface area (Å²) in [7, 11) is 0. The minimum atomic E-state index is -0.481. The Morgan fingerprint density at radius 2 is 1.88 bits per heavy atom. The highest BCUT2D eigenvalue weighted by Gasteiger charge is 2.37. The molecule has 1 aliphatic rings. The smallest absolute Gasteiger partial charge is 0.344 e. The van der Waals surface area contributed by atoms with Crippen molar-refractivity contribution in [3.63, 3.8) is 0 Å². The molecule has 0 spiro atoms. The van der Waals surface area contributed by atoms with Crippen LogP contribution in [0.3, 0.4) is 0 Å². The van der Waals surface area contributed by atoms with Gasteiger partial charge in [0.15, 0.2) is 17.2 Å². The van der Waals surface area contributed by atoms with Crippen LogP contribution >= 0.6 is 22.9 Å². The molecule has 1 unspecified atom stereocenters. The molecular formula is C25H13ClN4O3S. The van der Waals surface area contributed by atoms with Gasteiger partial charge in [0.1, 0.15) is 11.9 Å². The van der Waals surface area contributed by atoms with Crippen LogP contribution in [0.4, 0.5) is 0 Å². The van der Waals surface area contributed by atoms with E-state index in [0.717, 1.165) is 5.56 Å². The fourth-order valence-electron chi connectivity index (χ4n) is 4.46. The van der Waals surface area contributed by atoms with Gasteiger partial charge >= 0.3 is 5.63 Å². The average Bonchev–Trinajstić information content (AvgIpc) is 3.53. The second-order valence-electron chi connectivity index (χ2n) is 7.87.